The fourth-order valence-electron chi connectivity index (χ4n) is 3.77. The minimum atomic E-state index is -0.263. The molecule has 1 fully saturated rings. The van der Waals surface area contributed by atoms with E-state index in [1.165, 1.54) is 22.3 Å². The topological polar surface area (TPSA) is 74.2 Å². The normalized spacial score (nSPS) is 18.5. The zero-order valence-electron chi connectivity index (χ0n) is 15.1. The molecule has 5 nitrogen and oxygen atoms in total. The highest BCUT2D eigenvalue weighted by Gasteiger charge is 2.43. The molecule has 24 heavy (non-hydrogen) atoms. The molecule has 0 amide bonds. The molecule has 1 aromatic heterocycles. The van der Waals surface area contributed by atoms with E-state index in [9.17, 15) is 0 Å². The number of benzene rings is 1. The van der Waals surface area contributed by atoms with Gasteiger partial charge < -0.3 is 15.0 Å². The Morgan fingerprint density at radius 3 is 2.38 bits per heavy atom. The lowest BCUT2D eigenvalue weighted by Gasteiger charge is -2.36. The molecule has 1 aromatic carbocycles. The minimum Gasteiger partial charge on any atom is -0.381 e. The summed E-state index contributed by atoms with van der Waals surface area (Å²) < 4.78 is 11.1. The van der Waals surface area contributed by atoms with Crippen LogP contribution in [0.25, 0.3) is 0 Å². The molecule has 2 N–H and O–H groups in total. The van der Waals surface area contributed by atoms with Crippen molar-refractivity contribution >= 4 is 0 Å². The van der Waals surface area contributed by atoms with E-state index >= 15 is 0 Å². The third kappa shape index (κ3) is 3.10. The Kier molecular flexibility index (Phi) is 4.74. The predicted octanol–water partition coefficient (Wildman–Crippen LogP) is 2.98. The molecular weight excluding hydrogens is 302 g/mol. The lowest BCUT2D eigenvalue weighted by atomic mass is 9.74. The fraction of sp³-hybridized carbons (Fsp3) is 0.579. The molecule has 2 aromatic rings. The van der Waals surface area contributed by atoms with Crippen LogP contribution in [0.2, 0.25) is 0 Å². The quantitative estimate of drug-likeness (QED) is 0.933. The molecule has 0 saturated carbocycles. The summed E-state index contributed by atoms with van der Waals surface area (Å²) in [7, 11) is 0. The summed E-state index contributed by atoms with van der Waals surface area (Å²) in [5, 5.41) is 4.24. The number of hydrogen-bond acceptors (Lipinski definition) is 5. The van der Waals surface area contributed by atoms with E-state index in [4.69, 9.17) is 20.0 Å². The van der Waals surface area contributed by atoms with Crippen LogP contribution in [0, 0.1) is 20.8 Å². The van der Waals surface area contributed by atoms with E-state index in [0.717, 1.165) is 18.7 Å². The summed E-state index contributed by atoms with van der Waals surface area (Å²) in [6.45, 7) is 9.79. The first kappa shape index (κ1) is 17.1. The second-order valence-electron chi connectivity index (χ2n) is 7.13. The summed E-state index contributed by atoms with van der Waals surface area (Å²) in [6, 6.07) is 4.36. The SMILES string of the molecule is Cc1cc(C)c(Cc2noc(C3(C(C)N)CCOCC3)n2)c(C)c1. The van der Waals surface area contributed by atoms with E-state index in [-0.39, 0.29) is 11.5 Å². The van der Waals surface area contributed by atoms with Gasteiger partial charge in [-0.15, -0.1) is 0 Å². The van der Waals surface area contributed by atoms with Gasteiger partial charge >= 0.3 is 0 Å². The largest absolute Gasteiger partial charge is 0.381 e. The van der Waals surface area contributed by atoms with Gasteiger partial charge in [0.2, 0.25) is 5.89 Å². The predicted molar refractivity (Wildman–Crippen MR) is 93.1 cm³/mol. The molecule has 0 aliphatic carbocycles. The van der Waals surface area contributed by atoms with Gasteiger partial charge in [0.15, 0.2) is 5.82 Å². The first-order valence-corrected chi connectivity index (χ1v) is 8.65. The average molecular weight is 329 g/mol. The van der Waals surface area contributed by atoms with Crippen molar-refractivity contribution in [2.24, 2.45) is 5.73 Å². The van der Waals surface area contributed by atoms with Gasteiger partial charge in [0.05, 0.1) is 5.41 Å². The summed E-state index contributed by atoms with van der Waals surface area (Å²) in [5.74, 6) is 1.39. The Balaban J connectivity index is 1.88. The number of nitrogens with two attached hydrogens (primary N) is 1. The van der Waals surface area contributed by atoms with Crippen LogP contribution in [0.5, 0.6) is 0 Å². The van der Waals surface area contributed by atoms with E-state index in [1.54, 1.807) is 0 Å². The van der Waals surface area contributed by atoms with Crippen LogP contribution in [0.4, 0.5) is 0 Å². The second-order valence-corrected chi connectivity index (χ2v) is 7.13. The van der Waals surface area contributed by atoms with E-state index in [1.807, 2.05) is 6.92 Å². The van der Waals surface area contributed by atoms with Crippen LogP contribution >= 0.6 is 0 Å². The lowest BCUT2D eigenvalue weighted by molar-refractivity contribution is 0.0290. The van der Waals surface area contributed by atoms with Crippen LogP contribution in [-0.2, 0) is 16.6 Å². The summed E-state index contributed by atoms with van der Waals surface area (Å²) in [6.07, 6.45) is 2.34. The van der Waals surface area contributed by atoms with Crippen LogP contribution in [0.15, 0.2) is 16.7 Å². The first-order valence-electron chi connectivity index (χ1n) is 8.65. The molecular formula is C19H27N3O2. The lowest BCUT2D eigenvalue weighted by Crippen LogP contribution is -2.47. The van der Waals surface area contributed by atoms with E-state index in [2.05, 4.69) is 38.1 Å². The number of rotatable bonds is 4. The van der Waals surface area contributed by atoms with E-state index in [0.29, 0.717) is 25.5 Å². The number of nitrogens with zero attached hydrogens (tertiary/aromatic N) is 2. The van der Waals surface area contributed by atoms with Gasteiger partial charge in [0, 0.05) is 25.7 Å². The maximum atomic E-state index is 6.28. The van der Waals surface area contributed by atoms with Crippen molar-refractivity contribution < 1.29 is 9.26 Å². The molecule has 5 heteroatoms. The molecule has 0 bridgehead atoms. The van der Waals surface area contributed by atoms with Crippen LogP contribution in [-0.4, -0.2) is 29.4 Å². The highest BCUT2D eigenvalue weighted by Crippen LogP contribution is 2.36. The molecule has 3 rings (SSSR count). The van der Waals surface area contributed by atoms with Gasteiger partial charge in [0.25, 0.3) is 0 Å². The molecule has 1 aliphatic heterocycles. The Labute approximate surface area is 143 Å². The van der Waals surface area contributed by atoms with Crippen molar-refractivity contribution in [3.8, 4) is 0 Å². The Hall–Kier alpha value is -1.72. The van der Waals surface area contributed by atoms with Gasteiger partial charge in [-0.2, -0.15) is 4.98 Å². The molecule has 130 valence electrons. The van der Waals surface area contributed by atoms with Crippen LogP contribution in [0.1, 0.15) is 53.7 Å². The van der Waals surface area contributed by atoms with Crippen molar-refractivity contribution in [3.63, 3.8) is 0 Å². The molecule has 0 spiro atoms. The number of hydrogen-bond donors (Lipinski definition) is 1. The maximum Gasteiger partial charge on any atom is 0.234 e. The van der Waals surface area contributed by atoms with Gasteiger partial charge in [-0.25, -0.2) is 0 Å². The Morgan fingerprint density at radius 1 is 1.17 bits per heavy atom. The zero-order valence-corrected chi connectivity index (χ0v) is 15.1. The summed E-state index contributed by atoms with van der Waals surface area (Å²) in [5.41, 5.74) is 11.1. The first-order chi connectivity index (χ1) is 11.4. The third-order valence-corrected chi connectivity index (χ3v) is 5.33. The van der Waals surface area contributed by atoms with Gasteiger partial charge in [-0.1, -0.05) is 22.9 Å². The molecule has 1 atom stereocenters. The third-order valence-electron chi connectivity index (χ3n) is 5.33. The molecule has 1 aliphatic rings. The summed E-state index contributed by atoms with van der Waals surface area (Å²) >= 11 is 0. The average Bonchev–Trinajstić information content (AvgIpc) is 3.00. The Morgan fingerprint density at radius 2 is 1.79 bits per heavy atom. The van der Waals surface area contributed by atoms with Crippen LogP contribution in [0.3, 0.4) is 0 Å². The summed E-state index contributed by atoms with van der Waals surface area (Å²) in [4.78, 5) is 4.71. The smallest absolute Gasteiger partial charge is 0.234 e. The number of ether oxygens (including phenoxy) is 1. The molecule has 2 heterocycles. The highest BCUT2D eigenvalue weighted by atomic mass is 16.5. The van der Waals surface area contributed by atoms with Crippen molar-refractivity contribution in [2.45, 2.75) is 58.4 Å². The van der Waals surface area contributed by atoms with Crippen molar-refractivity contribution in [2.75, 3.05) is 13.2 Å². The second kappa shape index (κ2) is 6.65. The number of aryl methyl sites for hydroxylation is 3. The standard InChI is InChI=1S/C19H27N3O2/c1-12-9-13(2)16(14(3)10-12)11-17-21-18(24-22-17)19(15(4)20)5-7-23-8-6-19/h9-10,15H,5-8,11,20H2,1-4H3. The molecule has 1 saturated heterocycles. The zero-order chi connectivity index (χ0) is 17.3. The number of aromatic nitrogens is 2. The monoisotopic (exact) mass is 329 g/mol. The molecule has 1 unspecified atom stereocenters. The van der Waals surface area contributed by atoms with Crippen LogP contribution < -0.4 is 5.73 Å². The van der Waals surface area contributed by atoms with Crippen molar-refractivity contribution in [1.82, 2.24) is 10.1 Å². The van der Waals surface area contributed by atoms with Gasteiger partial charge in [0.1, 0.15) is 0 Å². The minimum absolute atomic E-state index is 0.0439. The van der Waals surface area contributed by atoms with Crippen molar-refractivity contribution in [1.29, 1.82) is 0 Å². The highest BCUT2D eigenvalue weighted by molar-refractivity contribution is 5.39. The van der Waals surface area contributed by atoms with E-state index < -0.39 is 0 Å². The van der Waals surface area contributed by atoms with Gasteiger partial charge in [-0.05, 0) is 57.2 Å². The fourth-order valence-corrected chi connectivity index (χ4v) is 3.77. The molecule has 0 radical (unpaired) electrons. The Bertz CT molecular complexity index is 692. The maximum absolute atomic E-state index is 6.28. The van der Waals surface area contributed by atoms with Crippen molar-refractivity contribution in [3.05, 3.63) is 46.1 Å². The van der Waals surface area contributed by atoms with Gasteiger partial charge in [-0.3, -0.25) is 0 Å².